The molecule has 0 saturated heterocycles. The number of hydrogen-bond acceptors (Lipinski definition) is 3. The van der Waals surface area contributed by atoms with Crippen molar-refractivity contribution >= 4 is 21.8 Å². The lowest BCUT2D eigenvalue weighted by molar-refractivity contribution is 0.748. The van der Waals surface area contributed by atoms with E-state index in [4.69, 9.17) is 0 Å². The normalized spacial score (nSPS) is 11.3. The third-order valence-electron chi connectivity index (χ3n) is 4.78. The molecule has 0 radical (unpaired) electrons. The molecular weight excluding hydrogens is 336 g/mol. The highest BCUT2D eigenvalue weighted by Gasteiger charge is 2.06. The standard InChI is InChI=1S/C22H16N4O/c27-22-19-6-1-2-7-21(19)23-14-26(22)13-15-4-3-5-16(10-15)17-8-9-20-18(11-17)12-24-25-20/h1-12,14H,13H2,(H,24,25). The zero-order chi connectivity index (χ0) is 18.2. The molecule has 0 spiro atoms. The van der Waals surface area contributed by atoms with Crippen molar-refractivity contribution in [1.29, 1.82) is 0 Å². The summed E-state index contributed by atoms with van der Waals surface area (Å²) < 4.78 is 1.65. The number of para-hydroxylation sites is 1. The molecule has 0 bridgehead atoms. The molecule has 0 amide bonds. The zero-order valence-corrected chi connectivity index (χ0v) is 14.5. The highest BCUT2D eigenvalue weighted by molar-refractivity contribution is 5.84. The lowest BCUT2D eigenvalue weighted by Crippen LogP contribution is -2.21. The molecule has 5 aromatic rings. The van der Waals surface area contributed by atoms with E-state index in [9.17, 15) is 4.79 Å². The molecule has 0 saturated carbocycles. The first kappa shape index (κ1) is 15.5. The largest absolute Gasteiger partial charge is 0.294 e. The number of aromatic amines is 1. The van der Waals surface area contributed by atoms with Gasteiger partial charge in [-0.2, -0.15) is 5.10 Å². The van der Waals surface area contributed by atoms with E-state index < -0.39 is 0 Å². The molecule has 0 fully saturated rings. The van der Waals surface area contributed by atoms with Crippen LogP contribution in [0, 0.1) is 0 Å². The first-order valence-electron chi connectivity index (χ1n) is 8.74. The smallest absolute Gasteiger partial charge is 0.261 e. The van der Waals surface area contributed by atoms with Gasteiger partial charge in [0, 0.05) is 5.39 Å². The Balaban J connectivity index is 1.52. The van der Waals surface area contributed by atoms with Crippen molar-refractivity contribution in [3.63, 3.8) is 0 Å². The van der Waals surface area contributed by atoms with Gasteiger partial charge in [0.15, 0.2) is 0 Å². The fourth-order valence-electron chi connectivity index (χ4n) is 3.39. The molecule has 0 aliphatic heterocycles. The van der Waals surface area contributed by atoms with Crippen LogP contribution in [0.15, 0.2) is 84.0 Å². The average Bonchev–Trinajstić information content (AvgIpc) is 3.18. The Labute approximate surface area is 154 Å². The van der Waals surface area contributed by atoms with E-state index in [-0.39, 0.29) is 5.56 Å². The maximum absolute atomic E-state index is 12.7. The second-order valence-electron chi connectivity index (χ2n) is 6.57. The average molecular weight is 352 g/mol. The molecule has 3 aromatic carbocycles. The van der Waals surface area contributed by atoms with Gasteiger partial charge in [0.25, 0.3) is 5.56 Å². The Morgan fingerprint density at radius 2 is 1.81 bits per heavy atom. The van der Waals surface area contributed by atoms with Gasteiger partial charge >= 0.3 is 0 Å². The summed E-state index contributed by atoms with van der Waals surface area (Å²) in [5.41, 5.74) is 5.00. The summed E-state index contributed by atoms with van der Waals surface area (Å²) in [5, 5.41) is 8.76. The number of fused-ring (bicyclic) bond motifs is 2. The van der Waals surface area contributed by atoms with Gasteiger partial charge in [-0.15, -0.1) is 0 Å². The van der Waals surface area contributed by atoms with Gasteiger partial charge < -0.3 is 0 Å². The van der Waals surface area contributed by atoms with E-state index in [1.165, 1.54) is 0 Å². The van der Waals surface area contributed by atoms with Crippen molar-refractivity contribution in [3.8, 4) is 11.1 Å². The summed E-state index contributed by atoms with van der Waals surface area (Å²) in [7, 11) is 0. The predicted octanol–water partition coefficient (Wildman–Crippen LogP) is 3.99. The summed E-state index contributed by atoms with van der Waals surface area (Å²) in [5.74, 6) is 0. The van der Waals surface area contributed by atoms with Gasteiger partial charge in [0.2, 0.25) is 0 Å². The number of aromatic nitrogens is 4. The minimum Gasteiger partial charge on any atom is -0.294 e. The highest BCUT2D eigenvalue weighted by atomic mass is 16.1. The quantitative estimate of drug-likeness (QED) is 0.534. The van der Waals surface area contributed by atoms with Crippen LogP contribution in [-0.2, 0) is 6.54 Å². The second kappa shape index (κ2) is 6.21. The summed E-state index contributed by atoms with van der Waals surface area (Å²) in [6, 6.07) is 21.9. The monoisotopic (exact) mass is 352 g/mol. The Morgan fingerprint density at radius 3 is 2.78 bits per heavy atom. The van der Waals surface area contributed by atoms with E-state index in [1.807, 2.05) is 48.7 Å². The molecule has 2 heterocycles. The van der Waals surface area contributed by atoms with Crippen LogP contribution in [0.25, 0.3) is 32.9 Å². The van der Waals surface area contributed by atoms with Crippen molar-refractivity contribution in [3.05, 3.63) is 95.2 Å². The Bertz CT molecular complexity index is 1330. The van der Waals surface area contributed by atoms with Crippen LogP contribution in [0.3, 0.4) is 0 Å². The molecule has 5 heteroatoms. The molecule has 0 atom stereocenters. The molecule has 0 aliphatic rings. The number of hydrogen-bond donors (Lipinski definition) is 1. The van der Waals surface area contributed by atoms with Crippen LogP contribution in [0.2, 0.25) is 0 Å². The molecule has 130 valence electrons. The topological polar surface area (TPSA) is 63.6 Å². The Hall–Kier alpha value is -3.73. The Morgan fingerprint density at radius 1 is 0.926 bits per heavy atom. The molecule has 0 aliphatic carbocycles. The minimum atomic E-state index is -0.0224. The van der Waals surface area contributed by atoms with Gasteiger partial charge in [-0.05, 0) is 47.0 Å². The van der Waals surface area contributed by atoms with Crippen LogP contribution in [0.5, 0.6) is 0 Å². The fourth-order valence-corrected chi connectivity index (χ4v) is 3.39. The number of nitrogens with one attached hydrogen (secondary N) is 1. The first-order chi connectivity index (χ1) is 13.3. The Kier molecular flexibility index (Phi) is 3.57. The SMILES string of the molecule is O=c1c2ccccc2ncn1Cc1cccc(-c2ccc3[nH]ncc3c2)c1. The molecule has 5 nitrogen and oxygen atoms in total. The van der Waals surface area contributed by atoms with E-state index in [1.54, 1.807) is 10.9 Å². The van der Waals surface area contributed by atoms with Gasteiger partial charge in [-0.1, -0.05) is 36.4 Å². The second-order valence-corrected chi connectivity index (χ2v) is 6.57. The van der Waals surface area contributed by atoms with Gasteiger partial charge in [0.1, 0.15) is 0 Å². The van der Waals surface area contributed by atoms with Gasteiger partial charge in [0.05, 0.1) is 35.5 Å². The third kappa shape index (κ3) is 2.79. The van der Waals surface area contributed by atoms with Crippen LogP contribution < -0.4 is 5.56 Å². The summed E-state index contributed by atoms with van der Waals surface area (Å²) in [4.78, 5) is 17.1. The molecule has 1 N–H and O–H groups in total. The van der Waals surface area contributed by atoms with E-state index in [0.717, 1.165) is 33.1 Å². The maximum atomic E-state index is 12.7. The number of benzene rings is 3. The lowest BCUT2D eigenvalue weighted by Gasteiger charge is -2.09. The molecule has 2 aromatic heterocycles. The maximum Gasteiger partial charge on any atom is 0.261 e. The minimum absolute atomic E-state index is 0.0224. The van der Waals surface area contributed by atoms with Crippen LogP contribution in [0.4, 0.5) is 0 Å². The van der Waals surface area contributed by atoms with Crippen LogP contribution >= 0.6 is 0 Å². The first-order valence-corrected chi connectivity index (χ1v) is 8.74. The summed E-state index contributed by atoms with van der Waals surface area (Å²) >= 11 is 0. The van der Waals surface area contributed by atoms with Crippen molar-refractivity contribution in [2.24, 2.45) is 0 Å². The van der Waals surface area contributed by atoms with Gasteiger partial charge in [-0.25, -0.2) is 4.98 Å². The number of nitrogens with zero attached hydrogens (tertiary/aromatic N) is 3. The molecule has 5 rings (SSSR count). The fraction of sp³-hybridized carbons (Fsp3) is 0.0455. The van der Waals surface area contributed by atoms with Gasteiger partial charge in [-0.3, -0.25) is 14.5 Å². The highest BCUT2D eigenvalue weighted by Crippen LogP contribution is 2.24. The third-order valence-corrected chi connectivity index (χ3v) is 4.78. The van der Waals surface area contributed by atoms with Crippen LogP contribution in [-0.4, -0.2) is 19.7 Å². The van der Waals surface area contributed by atoms with Crippen molar-refractivity contribution in [1.82, 2.24) is 19.7 Å². The van der Waals surface area contributed by atoms with Crippen molar-refractivity contribution < 1.29 is 0 Å². The zero-order valence-electron chi connectivity index (χ0n) is 14.5. The van der Waals surface area contributed by atoms with E-state index >= 15 is 0 Å². The number of rotatable bonds is 3. The summed E-state index contributed by atoms with van der Waals surface area (Å²) in [6.45, 7) is 0.485. The van der Waals surface area contributed by atoms with Crippen LogP contribution in [0.1, 0.15) is 5.56 Å². The van der Waals surface area contributed by atoms with E-state index in [2.05, 4.69) is 39.4 Å². The summed E-state index contributed by atoms with van der Waals surface area (Å²) in [6.07, 6.45) is 3.44. The lowest BCUT2D eigenvalue weighted by atomic mass is 10.0. The predicted molar refractivity (Wildman–Crippen MR) is 107 cm³/mol. The number of H-pyrrole nitrogens is 1. The van der Waals surface area contributed by atoms with Crippen molar-refractivity contribution in [2.75, 3.05) is 0 Å². The van der Waals surface area contributed by atoms with Crippen molar-refractivity contribution in [2.45, 2.75) is 6.54 Å². The molecule has 0 unspecified atom stereocenters. The van der Waals surface area contributed by atoms with E-state index in [0.29, 0.717) is 11.9 Å². The molecular formula is C22H16N4O. The molecule has 27 heavy (non-hydrogen) atoms.